The zero-order valence-electron chi connectivity index (χ0n) is 10.9. The molecule has 6 heteroatoms. The Hall–Kier alpha value is -1.53. The third kappa shape index (κ3) is 4.57. The number of ether oxygens (including phenoxy) is 1. The molecule has 0 unspecified atom stereocenters. The van der Waals surface area contributed by atoms with Crippen LogP contribution in [0, 0.1) is 0 Å². The van der Waals surface area contributed by atoms with Gasteiger partial charge < -0.3 is 15.6 Å². The van der Waals surface area contributed by atoms with E-state index >= 15 is 0 Å². The SMILES string of the molecule is COc1ccc(C(C)=O)cc1CSC[C@H](N)C(=O)O. The van der Waals surface area contributed by atoms with Gasteiger partial charge in [0.1, 0.15) is 11.8 Å². The molecular formula is C13H17NO4S. The molecule has 0 heterocycles. The van der Waals surface area contributed by atoms with Crippen molar-refractivity contribution in [1.29, 1.82) is 0 Å². The first-order valence-corrected chi connectivity index (χ1v) is 6.85. The lowest BCUT2D eigenvalue weighted by Crippen LogP contribution is -2.32. The second-order valence-corrected chi connectivity index (χ2v) is 5.07. The third-order valence-electron chi connectivity index (χ3n) is 2.56. The predicted molar refractivity (Wildman–Crippen MR) is 74.8 cm³/mol. The minimum atomic E-state index is -1.02. The molecule has 1 aromatic rings. The van der Waals surface area contributed by atoms with Crippen molar-refractivity contribution in [2.24, 2.45) is 5.73 Å². The summed E-state index contributed by atoms with van der Waals surface area (Å²) in [6.07, 6.45) is 0. The summed E-state index contributed by atoms with van der Waals surface area (Å²) in [5.41, 5.74) is 6.89. The molecule has 5 nitrogen and oxygen atoms in total. The number of carboxylic acid groups (broad SMARTS) is 1. The Kier molecular flexibility index (Phi) is 5.85. The highest BCUT2D eigenvalue weighted by Gasteiger charge is 2.12. The van der Waals surface area contributed by atoms with Crippen molar-refractivity contribution in [3.05, 3.63) is 29.3 Å². The van der Waals surface area contributed by atoms with Crippen molar-refractivity contribution in [2.45, 2.75) is 18.7 Å². The van der Waals surface area contributed by atoms with Crippen LogP contribution in [-0.2, 0) is 10.5 Å². The van der Waals surface area contributed by atoms with Crippen LogP contribution in [0.5, 0.6) is 5.75 Å². The summed E-state index contributed by atoms with van der Waals surface area (Å²) in [5.74, 6) is 0.503. The second-order valence-electron chi connectivity index (χ2n) is 4.04. The molecular weight excluding hydrogens is 266 g/mol. The Labute approximate surface area is 116 Å². The molecule has 0 aromatic heterocycles. The Morgan fingerprint density at radius 1 is 1.47 bits per heavy atom. The fraction of sp³-hybridized carbons (Fsp3) is 0.385. The number of benzene rings is 1. The van der Waals surface area contributed by atoms with Crippen molar-refractivity contribution >= 4 is 23.5 Å². The van der Waals surface area contributed by atoms with Gasteiger partial charge in [0.15, 0.2) is 5.78 Å². The fourth-order valence-electron chi connectivity index (χ4n) is 1.48. The smallest absolute Gasteiger partial charge is 0.321 e. The highest BCUT2D eigenvalue weighted by Crippen LogP contribution is 2.25. The van der Waals surface area contributed by atoms with Gasteiger partial charge in [0.25, 0.3) is 0 Å². The van der Waals surface area contributed by atoms with Crippen molar-refractivity contribution in [2.75, 3.05) is 12.9 Å². The Morgan fingerprint density at radius 3 is 2.68 bits per heavy atom. The van der Waals surface area contributed by atoms with Gasteiger partial charge in [-0.15, -0.1) is 0 Å². The molecule has 0 aliphatic rings. The maximum atomic E-state index is 11.3. The number of rotatable bonds is 7. The molecule has 0 saturated carbocycles. The van der Waals surface area contributed by atoms with Crippen LogP contribution >= 0.6 is 11.8 Å². The molecule has 104 valence electrons. The number of carboxylic acids is 1. The Morgan fingerprint density at radius 2 is 2.16 bits per heavy atom. The topological polar surface area (TPSA) is 89.6 Å². The van der Waals surface area contributed by atoms with E-state index in [-0.39, 0.29) is 5.78 Å². The molecule has 1 atom stereocenters. The van der Waals surface area contributed by atoms with Crippen LogP contribution in [0.2, 0.25) is 0 Å². The molecule has 0 saturated heterocycles. The molecule has 0 fully saturated rings. The van der Waals surface area contributed by atoms with Crippen LogP contribution in [0.1, 0.15) is 22.8 Å². The lowest BCUT2D eigenvalue weighted by Gasteiger charge is -2.11. The van der Waals surface area contributed by atoms with Gasteiger partial charge in [-0.25, -0.2) is 0 Å². The first-order valence-electron chi connectivity index (χ1n) is 5.69. The van der Waals surface area contributed by atoms with E-state index in [1.54, 1.807) is 25.3 Å². The normalized spacial score (nSPS) is 11.9. The van der Waals surface area contributed by atoms with Crippen LogP contribution in [0.15, 0.2) is 18.2 Å². The van der Waals surface area contributed by atoms with E-state index in [4.69, 9.17) is 15.6 Å². The summed E-state index contributed by atoms with van der Waals surface area (Å²) in [4.78, 5) is 21.9. The average Bonchev–Trinajstić information content (AvgIpc) is 2.38. The number of Topliss-reactive ketones (excluding diaryl/α,β-unsaturated/α-hetero) is 1. The van der Waals surface area contributed by atoms with Gasteiger partial charge in [-0.1, -0.05) is 0 Å². The van der Waals surface area contributed by atoms with Gasteiger partial charge in [-0.2, -0.15) is 11.8 Å². The van der Waals surface area contributed by atoms with E-state index in [9.17, 15) is 9.59 Å². The molecule has 0 aliphatic carbocycles. The molecule has 0 amide bonds. The Balaban J connectivity index is 2.72. The van der Waals surface area contributed by atoms with E-state index < -0.39 is 12.0 Å². The van der Waals surface area contributed by atoms with Gasteiger partial charge in [0, 0.05) is 22.6 Å². The van der Waals surface area contributed by atoms with Crippen LogP contribution < -0.4 is 10.5 Å². The predicted octanol–water partition coefficient (Wildman–Crippen LogP) is 1.54. The number of hydrogen-bond acceptors (Lipinski definition) is 5. The van der Waals surface area contributed by atoms with Gasteiger partial charge in [0.2, 0.25) is 0 Å². The molecule has 1 rings (SSSR count). The summed E-state index contributed by atoms with van der Waals surface area (Å²) >= 11 is 1.40. The van der Waals surface area contributed by atoms with Crippen molar-refractivity contribution in [3.63, 3.8) is 0 Å². The summed E-state index contributed by atoms with van der Waals surface area (Å²) in [7, 11) is 1.56. The number of aliphatic carboxylic acids is 1. The van der Waals surface area contributed by atoms with Crippen LogP contribution in [-0.4, -0.2) is 35.8 Å². The third-order valence-corrected chi connectivity index (χ3v) is 3.67. The lowest BCUT2D eigenvalue weighted by atomic mass is 10.1. The molecule has 0 bridgehead atoms. The van der Waals surface area contributed by atoms with E-state index in [2.05, 4.69) is 0 Å². The maximum absolute atomic E-state index is 11.3. The number of hydrogen-bond donors (Lipinski definition) is 2. The van der Waals surface area contributed by atoms with Crippen molar-refractivity contribution < 1.29 is 19.4 Å². The number of methoxy groups -OCH3 is 1. The first-order chi connectivity index (χ1) is 8.95. The zero-order valence-corrected chi connectivity index (χ0v) is 11.7. The van der Waals surface area contributed by atoms with E-state index in [1.807, 2.05) is 0 Å². The molecule has 3 N–H and O–H groups in total. The van der Waals surface area contributed by atoms with Crippen LogP contribution in [0.4, 0.5) is 0 Å². The van der Waals surface area contributed by atoms with Gasteiger partial charge in [-0.05, 0) is 25.1 Å². The van der Waals surface area contributed by atoms with E-state index in [0.717, 1.165) is 5.56 Å². The summed E-state index contributed by atoms with van der Waals surface area (Å²) in [5, 5.41) is 8.69. The maximum Gasteiger partial charge on any atom is 0.321 e. The zero-order chi connectivity index (χ0) is 14.4. The fourth-order valence-corrected chi connectivity index (χ4v) is 2.44. The number of thioether (sulfide) groups is 1. The van der Waals surface area contributed by atoms with Crippen LogP contribution in [0.25, 0.3) is 0 Å². The number of nitrogens with two attached hydrogens (primary N) is 1. The number of carbonyl (C=O) groups is 2. The minimum Gasteiger partial charge on any atom is -0.496 e. The Bertz CT molecular complexity index is 476. The average molecular weight is 283 g/mol. The molecule has 0 spiro atoms. The molecule has 0 aliphatic heterocycles. The standard InChI is InChI=1S/C13H17NO4S/c1-8(15)9-3-4-12(18-2)10(5-9)6-19-7-11(14)13(16)17/h3-5,11H,6-7,14H2,1-2H3,(H,16,17)/t11-/m0/s1. The largest absolute Gasteiger partial charge is 0.496 e. The highest BCUT2D eigenvalue weighted by molar-refractivity contribution is 7.98. The van der Waals surface area contributed by atoms with E-state index in [0.29, 0.717) is 22.8 Å². The van der Waals surface area contributed by atoms with Crippen LogP contribution in [0.3, 0.4) is 0 Å². The first kappa shape index (κ1) is 15.5. The van der Waals surface area contributed by atoms with E-state index in [1.165, 1.54) is 18.7 Å². The monoisotopic (exact) mass is 283 g/mol. The number of carbonyl (C=O) groups excluding carboxylic acids is 1. The molecule has 1 aromatic carbocycles. The second kappa shape index (κ2) is 7.16. The highest BCUT2D eigenvalue weighted by atomic mass is 32.2. The van der Waals surface area contributed by atoms with Crippen molar-refractivity contribution in [1.82, 2.24) is 0 Å². The summed E-state index contributed by atoms with van der Waals surface area (Å²) in [6, 6.07) is 4.33. The lowest BCUT2D eigenvalue weighted by molar-refractivity contribution is -0.137. The van der Waals surface area contributed by atoms with Gasteiger partial charge in [0.05, 0.1) is 7.11 Å². The minimum absolute atomic E-state index is 0.0175. The summed E-state index contributed by atoms with van der Waals surface area (Å²) < 4.78 is 5.21. The molecule has 0 radical (unpaired) electrons. The molecule has 19 heavy (non-hydrogen) atoms. The quantitative estimate of drug-likeness (QED) is 0.738. The van der Waals surface area contributed by atoms with Gasteiger partial charge >= 0.3 is 5.97 Å². The summed E-state index contributed by atoms with van der Waals surface area (Å²) in [6.45, 7) is 1.50. The number of ketones is 1. The van der Waals surface area contributed by atoms with Gasteiger partial charge in [-0.3, -0.25) is 9.59 Å². The van der Waals surface area contributed by atoms with Crippen molar-refractivity contribution in [3.8, 4) is 5.75 Å².